The van der Waals surface area contributed by atoms with Gasteiger partial charge in [-0.25, -0.2) is 9.37 Å². The van der Waals surface area contributed by atoms with E-state index >= 15 is 0 Å². The molecule has 0 N–H and O–H groups in total. The molecule has 1 amide bonds. The van der Waals surface area contributed by atoms with Crippen LogP contribution in [0.5, 0.6) is 0 Å². The molecule has 0 saturated carbocycles. The van der Waals surface area contributed by atoms with Gasteiger partial charge in [0.1, 0.15) is 5.82 Å². The molecule has 4 rings (SSSR count). The summed E-state index contributed by atoms with van der Waals surface area (Å²) in [5.41, 5.74) is 1.86. The zero-order chi connectivity index (χ0) is 20.4. The number of nitrogens with zero attached hydrogens (tertiary/aromatic N) is 4. The van der Waals surface area contributed by atoms with E-state index in [0.29, 0.717) is 44.1 Å². The Balaban J connectivity index is 1.57. The van der Waals surface area contributed by atoms with E-state index in [1.54, 1.807) is 15.5 Å². The van der Waals surface area contributed by atoms with Gasteiger partial charge >= 0.3 is 0 Å². The monoisotopic (exact) mass is 394 g/mol. The predicted octanol–water partition coefficient (Wildman–Crippen LogP) is 2.91. The van der Waals surface area contributed by atoms with Crippen LogP contribution >= 0.6 is 0 Å². The van der Waals surface area contributed by atoms with Crippen LogP contribution < -0.4 is 10.5 Å². The van der Waals surface area contributed by atoms with Crippen molar-refractivity contribution < 1.29 is 9.18 Å². The molecule has 0 unspecified atom stereocenters. The number of rotatable bonds is 4. The van der Waals surface area contributed by atoms with Gasteiger partial charge in [-0.05, 0) is 36.8 Å². The minimum atomic E-state index is -0.425. The summed E-state index contributed by atoms with van der Waals surface area (Å²) in [6, 6.07) is 13.4. The van der Waals surface area contributed by atoms with Gasteiger partial charge in [-0.15, -0.1) is 0 Å². The Hall–Kier alpha value is -3.22. The van der Waals surface area contributed by atoms with Crippen molar-refractivity contribution in [2.24, 2.45) is 0 Å². The van der Waals surface area contributed by atoms with Crippen LogP contribution in [-0.2, 0) is 6.54 Å². The summed E-state index contributed by atoms with van der Waals surface area (Å²) in [7, 11) is 0. The Kier molecular flexibility index (Phi) is 5.29. The largest absolute Gasteiger partial charge is 0.348 e. The van der Waals surface area contributed by atoms with Crippen LogP contribution in [0.2, 0.25) is 0 Å². The highest BCUT2D eigenvalue weighted by molar-refractivity contribution is 5.94. The fraction of sp³-hybridized carbons (Fsp3) is 0.318. The topological polar surface area (TPSA) is 58.4 Å². The maximum absolute atomic E-state index is 13.4. The zero-order valence-corrected chi connectivity index (χ0v) is 16.3. The number of hydrogen-bond donors (Lipinski definition) is 0. The van der Waals surface area contributed by atoms with Crippen LogP contribution in [0.25, 0.3) is 11.0 Å². The van der Waals surface area contributed by atoms with Gasteiger partial charge in [-0.2, -0.15) is 0 Å². The standard InChI is InChI=1S/C22H23FN4O2/c1-2-10-27-19-9-4-3-8-18(19)24-20(22(27)29)25-11-13-26(14-12-25)21(28)16-6-5-7-17(23)15-16/h3-9,15H,2,10-14H2,1H3. The summed E-state index contributed by atoms with van der Waals surface area (Å²) in [6.07, 6.45) is 0.850. The molecule has 1 aliphatic heterocycles. The number of carbonyl (C=O) groups is 1. The number of amides is 1. The lowest BCUT2D eigenvalue weighted by molar-refractivity contribution is 0.0746. The number of para-hydroxylation sites is 2. The lowest BCUT2D eigenvalue weighted by atomic mass is 10.1. The van der Waals surface area contributed by atoms with E-state index in [4.69, 9.17) is 0 Å². The van der Waals surface area contributed by atoms with Gasteiger partial charge < -0.3 is 14.4 Å². The van der Waals surface area contributed by atoms with Gasteiger partial charge in [-0.1, -0.05) is 25.1 Å². The van der Waals surface area contributed by atoms with E-state index in [2.05, 4.69) is 4.98 Å². The number of hydrogen-bond acceptors (Lipinski definition) is 4. The van der Waals surface area contributed by atoms with Crippen molar-refractivity contribution in [3.05, 3.63) is 70.3 Å². The molecule has 150 valence electrons. The number of anilines is 1. The molecule has 0 aliphatic carbocycles. The summed E-state index contributed by atoms with van der Waals surface area (Å²) in [5.74, 6) is -0.194. The van der Waals surface area contributed by atoms with Gasteiger partial charge in [0.25, 0.3) is 11.5 Å². The molecule has 29 heavy (non-hydrogen) atoms. The Morgan fingerprint density at radius 2 is 1.83 bits per heavy atom. The number of piperazine rings is 1. The number of halogens is 1. The van der Waals surface area contributed by atoms with Crippen molar-refractivity contribution in [2.75, 3.05) is 31.1 Å². The molecular formula is C22H23FN4O2. The first-order valence-corrected chi connectivity index (χ1v) is 9.88. The third kappa shape index (κ3) is 3.72. The molecule has 0 spiro atoms. The molecule has 1 saturated heterocycles. The lowest BCUT2D eigenvalue weighted by Gasteiger charge is -2.35. The minimum Gasteiger partial charge on any atom is -0.348 e. The summed E-state index contributed by atoms with van der Waals surface area (Å²) >= 11 is 0. The minimum absolute atomic E-state index is 0.101. The molecule has 7 heteroatoms. The fourth-order valence-electron chi connectivity index (χ4n) is 3.76. The summed E-state index contributed by atoms with van der Waals surface area (Å²) in [5, 5.41) is 0. The van der Waals surface area contributed by atoms with Crippen molar-refractivity contribution in [3.63, 3.8) is 0 Å². The van der Waals surface area contributed by atoms with Crippen molar-refractivity contribution in [2.45, 2.75) is 19.9 Å². The Morgan fingerprint density at radius 3 is 2.55 bits per heavy atom. The maximum atomic E-state index is 13.4. The fourth-order valence-corrected chi connectivity index (χ4v) is 3.76. The molecule has 1 aliphatic rings. The third-order valence-electron chi connectivity index (χ3n) is 5.22. The second kappa shape index (κ2) is 8.03. The SMILES string of the molecule is CCCn1c(=O)c(N2CCN(C(=O)c3cccc(F)c3)CC2)nc2ccccc21. The molecule has 1 aromatic heterocycles. The van der Waals surface area contributed by atoms with E-state index < -0.39 is 5.82 Å². The smallest absolute Gasteiger partial charge is 0.294 e. The highest BCUT2D eigenvalue weighted by Gasteiger charge is 2.25. The molecule has 2 heterocycles. The Morgan fingerprint density at radius 1 is 1.07 bits per heavy atom. The molecule has 6 nitrogen and oxygen atoms in total. The number of fused-ring (bicyclic) bond motifs is 1. The number of benzene rings is 2. The van der Waals surface area contributed by atoms with E-state index in [1.807, 2.05) is 36.1 Å². The van der Waals surface area contributed by atoms with E-state index in [1.165, 1.54) is 18.2 Å². The highest BCUT2D eigenvalue weighted by atomic mass is 19.1. The average Bonchev–Trinajstić information content (AvgIpc) is 2.75. The molecule has 2 aromatic carbocycles. The quantitative estimate of drug-likeness (QED) is 0.683. The molecule has 1 fully saturated rings. The van der Waals surface area contributed by atoms with Crippen LogP contribution in [0.1, 0.15) is 23.7 Å². The molecule has 0 atom stereocenters. The normalized spacial score (nSPS) is 14.4. The second-order valence-electron chi connectivity index (χ2n) is 7.17. The number of carbonyl (C=O) groups excluding carboxylic acids is 1. The predicted molar refractivity (Wildman–Crippen MR) is 111 cm³/mol. The summed E-state index contributed by atoms with van der Waals surface area (Å²) in [6.45, 7) is 4.60. The number of aromatic nitrogens is 2. The molecule has 3 aromatic rings. The first-order chi connectivity index (χ1) is 14.1. The van der Waals surface area contributed by atoms with Crippen LogP contribution in [-0.4, -0.2) is 46.5 Å². The number of aryl methyl sites for hydroxylation is 1. The van der Waals surface area contributed by atoms with Crippen molar-refractivity contribution in [1.82, 2.24) is 14.5 Å². The first kappa shape index (κ1) is 19.1. The van der Waals surface area contributed by atoms with Crippen LogP contribution in [0.15, 0.2) is 53.3 Å². The average molecular weight is 394 g/mol. The molecular weight excluding hydrogens is 371 g/mol. The van der Waals surface area contributed by atoms with Gasteiger partial charge in [0, 0.05) is 38.3 Å². The Bertz CT molecular complexity index is 1100. The van der Waals surface area contributed by atoms with Crippen molar-refractivity contribution in [3.8, 4) is 0 Å². The molecule has 0 radical (unpaired) electrons. The second-order valence-corrected chi connectivity index (χ2v) is 7.17. The first-order valence-electron chi connectivity index (χ1n) is 9.88. The van der Waals surface area contributed by atoms with Crippen LogP contribution in [0, 0.1) is 5.82 Å². The van der Waals surface area contributed by atoms with Crippen LogP contribution in [0.4, 0.5) is 10.2 Å². The summed E-state index contributed by atoms with van der Waals surface area (Å²) in [4.78, 5) is 34.0. The van der Waals surface area contributed by atoms with E-state index in [9.17, 15) is 14.0 Å². The zero-order valence-electron chi connectivity index (χ0n) is 16.3. The lowest BCUT2D eigenvalue weighted by Crippen LogP contribution is -2.50. The highest BCUT2D eigenvalue weighted by Crippen LogP contribution is 2.17. The van der Waals surface area contributed by atoms with Crippen molar-refractivity contribution in [1.29, 1.82) is 0 Å². The maximum Gasteiger partial charge on any atom is 0.294 e. The van der Waals surface area contributed by atoms with Gasteiger partial charge in [0.15, 0.2) is 5.82 Å². The molecule has 0 bridgehead atoms. The van der Waals surface area contributed by atoms with Gasteiger partial charge in [-0.3, -0.25) is 9.59 Å². The van der Waals surface area contributed by atoms with Gasteiger partial charge in [0.05, 0.1) is 11.0 Å². The Labute approximate surface area is 168 Å². The van der Waals surface area contributed by atoms with Crippen molar-refractivity contribution >= 4 is 22.8 Å². The van der Waals surface area contributed by atoms with E-state index in [-0.39, 0.29) is 11.5 Å². The third-order valence-corrected chi connectivity index (χ3v) is 5.22. The van der Waals surface area contributed by atoms with Gasteiger partial charge in [0.2, 0.25) is 0 Å². The summed E-state index contributed by atoms with van der Waals surface area (Å²) < 4.78 is 15.2. The van der Waals surface area contributed by atoms with E-state index in [0.717, 1.165) is 17.5 Å². The van der Waals surface area contributed by atoms with Crippen LogP contribution in [0.3, 0.4) is 0 Å².